The van der Waals surface area contributed by atoms with Gasteiger partial charge in [0.15, 0.2) is 11.5 Å². The maximum absolute atomic E-state index is 12.8. The molecule has 228 valence electrons. The Bertz CT molecular complexity index is 1430. The second kappa shape index (κ2) is 16.0. The van der Waals surface area contributed by atoms with Crippen LogP contribution >= 0.6 is 0 Å². The number of benzene rings is 3. The van der Waals surface area contributed by atoms with Crippen molar-refractivity contribution in [3.8, 4) is 34.4 Å². The summed E-state index contributed by atoms with van der Waals surface area (Å²) in [6.07, 6.45) is 8.80. The molecule has 43 heavy (non-hydrogen) atoms. The molecule has 3 aromatic carbocycles. The molecule has 0 aliphatic rings. The minimum atomic E-state index is -4.40. The molecule has 0 spiro atoms. The Hall–Kier alpha value is -4.07. The minimum absolute atomic E-state index is 0.157. The van der Waals surface area contributed by atoms with Crippen LogP contribution in [0.1, 0.15) is 81.9 Å². The van der Waals surface area contributed by atoms with Crippen LogP contribution in [0.2, 0.25) is 0 Å². The summed E-state index contributed by atoms with van der Waals surface area (Å²) in [5, 5.41) is 8.07. The lowest BCUT2D eigenvalue weighted by Gasteiger charge is -2.14. The van der Waals surface area contributed by atoms with E-state index in [1.165, 1.54) is 37.8 Å². The quantitative estimate of drug-likeness (QED) is 0.0957. The minimum Gasteiger partial charge on any atom is -0.490 e. The zero-order valence-corrected chi connectivity index (χ0v) is 24.8. The Morgan fingerprint density at radius 3 is 1.70 bits per heavy atom. The van der Waals surface area contributed by atoms with Gasteiger partial charge in [-0.25, -0.2) is 0 Å². The van der Waals surface area contributed by atoms with Crippen LogP contribution in [0.3, 0.4) is 0 Å². The fraction of sp³-hybridized carbons (Fsp3) is 0.371. The first kappa shape index (κ1) is 31.9. The van der Waals surface area contributed by atoms with Crippen molar-refractivity contribution >= 4 is 12.2 Å². The summed E-state index contributed by atoms with van der Waals surface area (Å²) in [6, 6.07) is 18.3. The molecule has 5 nitrogen and oxygen atoms in total. The molecule has 0 N–H and O–H groups in total. The van der Waals surface area contributed by atoms with Crippen molar-refractivity contribution in [1.29, 1.82) is 0 Å². The van der Waals surface area contributed by atoms with Gasteiger partial charge in [-0.1, -0.05) is 82.7 Å². The first-order valence-electron chi connectivity index (χ1n) is 15.1. The smallest absolute Gasteiger partial charge is 0.416 e. The van der Waals surface area contributed by atoms with E-state index in [1.807, 2.05) is 54.6 Å². The van der Waals surface area contributed by atoms with Crippen molar-refractivity contribution < 1.29 is 27.1 Å². The number of aromatic nitrogens is 2. The number of hydrogen-bond donors (Lipinski definition) is 0. The number of ether oxygens (including phenoxy) is 2. The molecule has 4 aromatic rings. The first-order valence-corrected chi connectivity index (χ1v) is 15.1. The van der Waals surface area contributed by atoms with Crippen molar-refractivity contribution in [1.82, 2.24) is 10.2 Å². The highest BCUT2D eigenvalue weighted by atomic mass is 19.4. The third-order valence-electron chi connectivity index (χ3n) is 6.99. The molecular weight excluding hydrogens is 553 g/mol. The predicted molar refractivity (Wildman–Crippen MR) is 165 cm³/mol. The van der Waals surface area contributed by atoms with Crippen LogP contribution in [0, 0.1) is 0 Å². The van der Waals surface area contributed by atoms with Gasteiger partial charge in [-0.2, -0.15) is 13.2 Å². The van der Waals surface area contributed by atoms with Gasteiger partial charge in [-0.05, 0) is 72.5 Å². The molecule has 0 atom stereocenters. The summed E-state index contributed by atoms with van der Waals surface area (Å²) in [4.78, 5) is 0. The maximum atomic E-state index is 12.8. The van der Waals surface area contributed by atoms with Crippen molar-refractivity contribution in [2.75, 3.05) is 13.2 Å². The lowest BCUT2D eigenvalue weighted by molar-refractivity contribution is -0.137. The molecule has 0 amide bonds. The lowest BCUT2D eigenvalue weighted by atomic mass is 10.1. The van der Waals surface area contributed by atoms with Gasteiger partial charge < -0.3 is 13.9 Å². The van der Waals surface area contributed by atoms with E-state index < -0.39 is 11.7 Å². The summed E-state index contributed by atoms with van der Waals surface area (Å²) >= 11 is 0. The van der Waals surface area contributed by atoms with Gasteiger partial charge >= 0.3 is 6.18 Å². The highest BCUT2D eigenvalue weighted by molar-refractivity contribution is 5.72. The normalized spacial score (nSPS) is 11.7. The predicted octanol–water partition coefficient (Wildman–Crippen LogP) is 10.5. The number of halogens is 3. The number of rotatable bonds is 16. The molecule has 0 bridgehead atoms. The van der Waals surface area contributed by atoms with Crippen molar-refractivity contribution in [3.63, 3.8) is 0 Å². The van der Waals surface area contributed by atoms with Gasteiger partial charge in [-0.3, -0.25) is 0 Å². The summed E-state index contributed by atoms with van der Waals surface area (Å²) < 4.78 is 56.5. The average Bonchev–Trinajstić information content (AvgIpc) is 3.51. The van der Waals surface area contributed by atoms with Crippen LogP contribution < -0.4 is 9.47 Å². The van der Waals surface area contributed by atoms with Crippen LogP contribution in [0.4, 0.5) is 13.2 Å². The molecule has 4 rings (SSSR count). The average molecular weight is 593 g/mol. The van der Waals surface area contributed by atoms with Crippen LogP contribution in [-0.4, -0.2) is 23.4 Å². The highest BCUT2D eigenvalue weighted by Gasteiger charge is 2.30. The van der Waals surface area contributed by atoms with E-state index in [2.05, 4.69) is 24.0 Å². The molecule has 0 unspecified atom stereocenters. The molecule has 0 saturated heterocycles. The molecule has 8 heteroatoms. The topological polar surface area (TPSA) is 57.4 Å². The van der Waals surface area contributed by atoms with Crippen LogP contribution in [0.5, 0.6) is 11.5 Å². The van der Waals surface area contributed by atoms with Gasteiger partial charge in [-0.15, -0.1) is 10.2 Å². The van der Waals surface area contributed by atoms with Crippen LogP contribution in [0.15, 0.2) is 71.1 Å². The van der Waals surface area contributed by atoms with Gasteiger partial charge in [0.2, 0.25) is 11.8 Å². The Kier molecular flexibility index (Phi) is 11.8. The Morgan fingerprint density at radius 2 is 1.14 bits per heavy atom. The van der Waals surface area contributed by atoms with E-state index in [-0.39, 0.29) is 11.8 Å². The number of hydrogen-bond acceptors (Lipinski definition) is 5. The summed E-state index contributed by atoms with van der Waals surface area (Å²) in [5.41, 5.74) is 2.38. The maximum Gasteiger partial charge on any atom is 0.416 e. The fourth-order valence-corrected chi connectivity index (χ4v) is 4.47. The Morgan fingerprint density at radius 1 is 0.628 bits per heavy atom. The molecule has 1 aromatic heterocycles. The third-order valence-corrected chi connectivity index (χ3v) is 6.99. The first-order chi connectivity index (χ1) is 20.9. The molecule has 0 aliphatic carbocycles. The molecule has 0 fully saturated rings. The van der Waals surface area contributed by atoms with Gasteiger partial charge in [0, 0.05) is 11.1 Å². The molecule has 1 heterocycles. The summed E-state index contributed by atoms with van der Waals surface area (Å²) in [6.45, 7) is 5.74. The van der Waals surface area contributed by atoms with Gasteiger partial charge in [0.25, 0.3) is 0 Å². The zero-order chi connectivity index (χ0) is 30.5. The van der Waals surface area contributed by atoms with E-state index in [0.29, 0.717) is 24.3 Å². The lowest BCUT2D eigenvalue weighted by Crippen LogP contribution is -2.03. The van der Waals surface area contributed by atoms with E-state index in [1.54, 1.807) is 0 Å². The third kappa shape index (κ3) is 9.73. The Labute approximate surface area is 251 Å². The SMILES string of the molecule is CCCCCCOc1ccc(/C=C/c2ccc(-c3nnc(-c4ccc(C(F)(F)F)cc4)o3)cc2)cc1OCCCCCC. The van der Waals surface area contributed by atoms with Crippen LogP contribution in [-0.2, 0) is 6.18 Å². The van der Waals surface area contributed by atoms with E-state index in [4.69, 9.17) is 13.9 Å². The summed E-state index contributed by atoms with van der Waals surface area (Å²) in [5.74, 6) is 1.99. The number of alkyl halides is 3. The second-order valence-corrected chi connectivity index (χ2v) is 10.5. The largest absolute Gasteiger partial charge is 0.490 e. The molecule has 0 saturated carbocycles. The van der Waals surface area contributed by atoms with E-state index in [0.717, 1.165) is 60.4 Å². The number of unbranched alkanes of at least 4 members (excludes halogenated alkanes) is 6. The molecule has 0 radical (unpaired) electrons. The van der Waals surface area contributed by atoms with E-state index in [9.17, 15) is 13.2 Å². The summed E-state index contributed by atoms with van der Waals surface area (Å²) in [7, 11) is 0. The van der Waals surface area contributed by atoms with Crippen molar-refractivity contribution in [3.05, 3.63) is 83.4 Å². The molecule has 0 aliphatic heterocycles. The Balaban J connectivity index is 1.40. The van der Waals surface area contributed by atoms with Gasteiger partial charge in [0.05, 0.1) is 18.8 Å². The van der Waals surface area contributed by atoms with Gasteiger partial charge in [0.1, 0.15) is 0 Å². The van der Waals surface area contributed by atoms with Crippen LogP contribution in [0.25, 0.3) is 35.1 Å². The zero-order valence-electron chi connectivity index (χ0n) is 24.8. The van der Waals surface area contributed by atoms with Crippen molar-refractivity contribution in [2.24, 2.45) is 0 Å². The number of nitrogens with zero attached hydrogens (tertiary/aromatic N) is 2. The monoisotopic (exact) mass is 592 g/mol. The van der Waals surface area contributed by atoms with E-state index >= 15 is 0 Å². The van der Waals surface area contributed by atoms with Crippen molar-refractivity contribution in [2.45, 2.75) is 71.4 Å². The fourth-order valence-electron chi connectivity index (χ4n) is 4.47. The standard InChI is InChI=1S/C35H39F3N2O3/c1-3-5-7-9-23-41-31-22-15-27(25-32(31)42-24-10-8-6-4-2)12-11-26-13-16-28(17-14-26)33-39-40-34(43-33)29-18-20-30(21-19-29)35(36,37)38/h11-22,25H,3-10,23-24H2,1-2H3/b12-11+. The highest BCUT2D eigenvalue weighted by Crippen LogP contribution is 2.32. The molecular formula is C35H39F3N2O3. The second-order valence-electron chi connectivity index (χ2n) is 10.5.